The molecule has 0 aliphatic carbocycles. The maximum atomic E-state index is 12.9. The van der Waals surface area contributed by atoms with E-state index in [1.165, 1.54) is 205 Å². The van der Waals surface area contributed by atoms with Gasteiger partial charge < -0.3 is 14.2 Å². The molecule has 0 N–H and O–H groups in total. The summed E-state index contributed by atoms with van der Waals surface area (Å²) in [5.41, 5.74) is 0. The molecule has 0 aromatic carbocycles. The number of hydrogen-bond donors (Lipinski definition) is 0. The summed E-state index contributed by atoms with van der Waals surface area (Å²) in [5, 5.41) is 0. The van der Waals surface area contributed by atoms with Gasteiger partial charge in [-0.2, -0.15) is 0 Å². The molecule has 400 valence electrons. The van der Waals surface area contributed by atoms with E-state index < -0.39 is 6.10 Å². The normalized spacial score (nSPS) is 12.4. The highest BCUT2D eigenvalue weighted by molar-refractivity contribution is 5.71. The third kappa shape index (κ3) is 55.9. The second-order valence-corrected chi connectivity index (χ2v) is 19.9. The molecule has 6 nitrogen and oxygen atoms in total. The average Bonchev–Trinajstić information content (AvgIpc) is 3.35. The minimum atomic E-state index is -0.800. The highest BCUT2D eigenvalue weighted by Crippen LogP contribution is 2.16. The Labute approximate surface area is 428 Å². The summed E-state index contributed by atoms with van der Waals surface area (Å²) in [7, 11) is 0. The van der Waals surface area contributed by atoms with Gasteiger partial charge in [0.05, 0.1) is 0 Å². The van der Waals surface area contributed by atoms with E-state index in [1.807, 2.05) is 6.08 Å². The van der Waals surface area contributed by atoms with Crippen molar-refractivity contribution in [1.82, 2.24) is 0 Å². The standard InChI is InChI=1S/C63H112O6/c1-4-7-10-13-16-19-22-25-27-29-31-33-35-38-41-44-47-50-53-56-62(65)68-59-60(58-67-61(64)55-52-49-46-43-40-37-24-21-18-15-12-9-6-3)69-63(66)57-54-51-48-45-42-39-36-34-32-30-28-26-23-20-17-14-11-8-5-2/h16,19,22,25,30,32,37,40,46,49,60H,4-15,17-18,20-21,23-24,26-29,31,33-36,38-39,41-45,47-48,50-59H2,1-3H3/b19-16-,25-22-,32-30-,40-37-,49-46-. The van der Waals surface area contributed by atoms with E-state index in [0.717, 1.165) is 51.4 Å². The lowest BCUT2D eigenvalue weighted by Gasteiger charge is -2.18. The van der Waals surface area contributed by atoms with E-state index in [9.17, 15) is 14.4 Å². The van der Waals surface area contributed by atoms with Crippen LogP contribution in [0.5, 0.6) is 0 Å². The Hall–Kier alpha value is -2.89. The molecule has 0 saturated carbocycles. The Bertz CT molecular complexity index is 1250. The monoisotopic (exact) mass is 965 g/mol. The first kappa shape index (κ1) is 66.1. The predicted molar refractivity (Wildman–Crippen MR) is 298 cm³/mol. The van der Waals surface area contributed by atoms with Gasteiger partial charge in [0.25, 0.3) is 0 Å². The summed E-state index contributed by atoms with van der Waals surface area (Å²) in [6.45, 7) is 6.57. The fourth-order valence-electron chi connectivity index (χ4n) is 8.48. The van der Waals surface area contributed by atoms with Gasteiger partial charge in [-0.1, -0.05) is 255 Å². The van der Waals surface area contributed by atoms with E-state index in [1.54, 1.807) is 0 Å². The number of hydrogen-bond acceptors (Lipinski definition) is 6. The molecule has 0 fully saturated rings. The third-order valence-corrected chi connectivity index (χ3v) is 13.0. The molecule has 0 amide bonds. The van der Waals surface area contributed by atoms with Gasteiger partial charge in [-0.25, -0.2) is 0 Å². The lowest BCUT2D eigenvalue weighted by Crippen LogP contribution is -2.30. The van der Waals surface area contributed by atoms with E-state index in [-0.39, 0.29) is 37.5 Å². The first-order valence-corrected chi connectivity index (χ1v) is 29.8. The Balaban J connectivity index is 4.39. The van der Waals surface area contributed by atoms with Crippen LogP contribution in [0.4, 0.5) is 0 Å². The maximum Gasteiger partial charge on any atom is 0.306 e. The van der Waals surface area contributed by atoms with E-state index in [4.69, 9.17) is 14.2 Å². The van der Waals surface area contributed by atoms with Crippen LogP contribution in [-0.2, 0) is 28.6 Å². The van der Waals surface area contributed by atoms with Gasteiger partial charge in [-0.3, -0.25) is 14.4 Å². The molecule has 69 heavy (non-hydrogen) atoms. The molecule has 1 unspecified atom stereocenters. The Morgan fingerprint density at radius 1 is 0.304 bits per heavy atom. The van der Waals surface area contributed by atoms with E-state index >= 15 is 0 Å². The smallest absolute Gasteiger partial charge is 0.306 e. The van der Waals surface area contributed by atoms with Gasteiger partial charge in [-0.15, -0.1) is 0 Å². The highest BCUT2D eigenvalue weighted by Gasteiger charge is 2.19. The van der Waals surface area contributed by atoms with Gasteiger partial charge in [0.2, 0.25) is 0 Å². The lowest BCUT2D eigenvalue weighted by molar-refractivity contribution is -0.166. The third-order valence-electron chi connectivity index (χ3n) is 13.0. The van der Waals surface area contributed by atoms with Crippen LogP contribution < -0.4 is 0 Å². The zero-order valence-electron chi connectivity index (χ0n) is 45.8. The van der Waals surface area contributed by atoms with Crippen molar-refractivity contribution >= 4 is 17.9 Å². The largest absolute Gasteiger partial charge is 0.462 e. The van der Waals surface area contributed by atoms with Gasteiger partial charge in [0.1, 0.15) is 13.2 Å². The Kier molecular flexibility index (Phi) is 55.3. The van der Waals surface area contributed by atoms with Crippen molar-refractivity contribution in [2.75, 3.05) is 13.2 Å². The van der Waals surface area contributed by atoms with Crippen molar-refractivity contribution in [2.45, 2.75) is 309 Å². The van der Waals surface area contributed by atoms with Gasteiger partial charge >= 0.3 is 17.9 Å². The number of esters is 3. The quantitative estimate of drug-likeness (QED) is 0.0199. The molecule has 0 aliphatic rings. The summed E-state index contributed by atoms with van der Waals surface area (Å²) in [5.74, 6) is -0.960. The summed E-state index contributed by atoms with van der Waals surface area (Å²) in [6, 6.07) is 0. The molecule has 0 bridgehead atoms. The van der Waals surface area contributed by atoms with Crippen LogP contribution in [0.1, 0.15) is 303 Å². The summed E-state index contributed by atoms with van der Waals surface area (Å²) in [6.07, 6.45) is 72.3. The molecular formula is C63H112O6. The van der Waals surface area contributed by atoms with Crippen molar-refractivity contribution in [3.8, 4) is 0 Å². The Morgan fingerprint density at radius 2 is 0.594 bits per heavy atom. The molecule has 0 heterocycles. The minimum absolute atomic E-state index is 0.0936. The Morgan fingerprint density at radius 3 is 1.01 bits per heavy atom. The number of ether oxygens (including phenoxy) is 3. The molecule has 0 saturated heterocycles. The number of carbonyl (C=O) groups excluding carboxylic acids is 3. The minimum Gasteiger partial charge on any atom is -0.462 e. The molecule has 0 aromatic rings. The molecule has 0 aromatic heterocycles. The summed E-state index contributed by atoms with van der Waals surface area (Å²) in [4.78, 5) is 38.1. The fourth-order valence-corrected chi connectivity index (χ4v) is 8.48. The van der Waals surface area contributed by atoms with E-state index in [0.29, 0.717) is 19.3 Å². The zero-order chi connectivity index (χ0) is 50.0. The topological polar surface area (TPSA) is 78.9 Å². The molecule has 0 radical (unpaired) electrons. The van der Waals surface area contributed by atoms with Gasteiger partial charge in [0, 0.05) is 19.3 Å². The van der Waals surface area contributed by atoms with Gasteiger partial charge in [0.15, 0.2) is 6.10 Å². The molecular weight excluding hydrogens is 853 g/mol. The van der Waals surface area contributed by atoms with Crippen molar-refractivity contribution in [3.05, 3.63) is 60.8 Å². The average molecular weight is 966 g/mol. The predicted octanol–water partition coefficient (Wildman–Crippen LogP) is 20.0. The second kappa shape index (κ2) is 57.7. The van der Waals surface area contributed by atoms with Crippen molar-refractivity contribution < 1.29 is 28.6 Å². The van der Waals surface area contributed by atoms with Crippen LogP contribution >= 0.6 is 0 Å². The number of rotatable bonds is 54. The number of carbonyl (C=O) groups is 3. The fraction of sp³-hybridized carbons (Fsp3) is 0.794. The highest BCUT2D eigenvalue weighted by atomic mass is 16.6. The van der Waals surface area contributed by atoms with Crippen molar-refractivity contribution in [3.63, 3.8) is 0 Å². The summed E-state index contributed by atoms with van der Waals surface area (Å²) < 4.78 is 16.8. The first-order chi connectivity index (χ1) is 34.0. The number of allylic oxidation sites excluding steroid dienone is 10. The van der Waals surface area contributed by atoms with Crippen molar-refractivity contribution in [1.29, 1.82) is 0 Å². The van der Waals surface area contributed by atoms with Crippen LogP contribution in [0, 0.1) is 0 Å². The van der Waals surface area contributed by atoms with Gasteiger partial charge in [-0.05, 0) is 89.9 Å². The van der Waals surface area contributed by atoms with Crippen LogP contribution in [0.2, 0.25) is 0 Å². The van der Waals surface area contributed by atoms with Crippen LogP contribution in [0.25, 0.3) is 0 Å². The zero-order valence-corrected chi connectivity index (χ0v) is 45.8. The van der Waals surface area contributed by atoms with E-state index in [2.05, 4.69) is 75.5 Å². The maximum absolute atomic E-state index is 12.9. The van der Waals surface area contributed by atoms with Crippen LogP contribution in [0.3, 0.4) is 0 Å². The SMILES string of the molecule is CCCCC/C=C\C=C/CCCCCCCCCCCCC(=O)OCC(COC(=O)CC/C=C\C/C=C\CCCCCCCC)OC(=O)CCCCCCCCC/C=C\CCCCCCCCCC. The molecule has 0 spiro atoms. The molecule has 0 aliphatic heterocycles. The van der Waals surface area contributed by atoms with Crippen molar-refractivity contribution in [2.24, 2.45) is 0 Å². The lowest BCUT2D eigenvalue weighted by atomic mass is 10.1. The second-order valence-electron chi connectivity index (χ2n) is 19.9. The molecule has 1 atom stereocenters. The molecule has 0 rings (SSSR count). The summed E-state index contributed by atoms with van der Waals surface area (Å²) >= 11 is 0. The van der Waals surface area contributed by atoms with Crippen LogP contribution in [0.15, 0.2) is 60.8 Å². The number of unbranched alkanes of at least 4 members (excludes halogenated alkanes) is 34. The first-order valence-electron chi connectivity index (χ1n) is 29.8. The molecule has 6 heteroatoms. The van der Waals surface area contributed by atoms with Crippen LogP contribution in [-0.4, -0.2) is 37.2 Å².